The lowest BCUT2D eigenvalue weighted by atomic mass is 9.83. The predicted octanol–water partition coefficient (Wildman–Crippen LogP) is 2.93. The van der Waals surface area contributed by atoms with Gasteiger partial charge in [-0.25, -0.2) is 0 Å². The molecule has 2 atom stereocenters. The van der Waals surface area contributed by atoms with Crippen LogP contribution in [-0.2, 0) is 11.3 Å². The molecule has 1 saturated carbocycles. The van der Waals surface area contributed by atoms with E-state index in [1.807, 2.05) is 0 Å². The Balaban J connectivity index is 1.75. The summed E-state index contributed by atoms with van der Waals surface area (Å²) in [6.07, 6.45) is 5.98. The highest BCUT2D eigenvalue weighted by Crippen LogP contribution is 2.41. The molecule has 0 amide bonds. The van der Waals surface area contributed by atoms with Crippen LogP contribution in [0, 0.1) is 0 Å². The second kappa shape index (κ2) is 4.36. The van der Waals surface area contributed by atoms with Crippen LogP contribution < -0.4 is 5.32 Å². The zero-order valence-electron chi connectivity index (χ0n) is 10.8. The quantitative estimate of drug-likeness (QED) is 0.819. The van der Waals surface area contributed by atoms with Gasteiger partial charge in [-0.15, -0.1) is 0 Å². The standard InChI is InChI=1S/C16H21NO/c1-2-5-11(4-1)12-6-3-7-13-14-8-17-9-16(14)18-10-15(12)13/h3,6-7,11,14,16-17H,1-2,4-5,8-10H2/t14-,16+/m1/s1. The number of ether oxygens (including phenoxy) is 1. The van der Waals surface area contributed by atoms with Gasteiger partial charge in [-0.05, 0) is 35.4 Å². The first-order valence-corrected chi connectivity index (χ1v) is 7.37. The van der Waals surface area contributed by atoms with Crippen molar-refractivity contribution in [1.82, 2.24) is 5.32 Å². The number of nitrogens with one attached hydrogen (secondary N) is 1. The fourth-order valence-corrected chi connectivity index (χ4v) is 4.09. The molecule has 4 rings (SSSR count). The highest BCUT2D eigenvalue weighted by molar-refractivity contribution is 5.42. The van der Waals surface area contributed by atoms with E-state index in [9.17, 15) is 0 Å². The smallest absolute Gasteiger partial charge is 0.0784 e. The second-order valence-electron chi connectivity index (χ2n) is 6.01. The third kappa shape index (κ3) is 1.63. The molecule has 1 aromatic carbocycles. The van der Waals surface area contributed by atoms with Crippen molar-refractivity contribution in [3.63, 3.8) is 0 Å². The number of fused-ring (bicyclic) bond motifs is 3. The van der Waals surface area contributed by atoms with Gasteiger partial charge < -0.3 is 10.1 Å². The first-order chi connectivity index (χ1) is 8.93. The average molecular weight is 243 g/mol. The van der Waals surface area contributed by atoms with Crippen LogP contribution in [0.5, 0.6) is 0 Å². The van der Waals surface area contributed by atoms with Gasteiger partial charge in [0.2, 0.25) is 0 Å². The Hall–Kier alpha value is -0.860. The Bertz CT molecular complexity index is 436. The minimum absolute atomic E-state index is 0.413. The maximum atomic E-state index is 6.07. The Morgan fingerprint density at radius 3 is 2.78 bits per heavy atom. The molecule has 18 heavy (non-hydrogen) atoms. The van der Waals surface area contributed by atoms with Gasteiger partial charge >= 0.3 is 0 Å². The van der Waals surface area contributed by atoms with Gasteiger partial charge in [0.25, 0.3) is 0 Å². The molecule has 0 aromatic heterocycles. The van der Waals surface area contributed by atoms with Gasteiger partial charge in [-0.3, -0.25) is 0 Å². The largest absolute Gasteiger partial charge is 0.372 e. The summed E-state index contributed by atoms with van der Waals surface area (Å²) in [5, 5.41) is 3.47. The van der Waals surface area contributed by atoms with E-state index in [4.69, 9.17) is 4.74 Å². The molecule has 1 aliphatic carbocycles. The topological polar surface area (TPSA) is 21.3 Å². The second-order valence-corrected chi connectivity index (χ2v) is 6.01. The van der Waals surface area contributed by atoms with Crippen LogP contribution in [0.1, 0.15) is 54.2 Å². The summed E-state index contributed by atoms with van der Waals surface area (Å²) >= 11 is 0. The molecule has 1 saturated heterocycles. The van der Waals surface area contributed by atoms with E-state index in [1.54, 1.807) is 11.1 Å². The number of benzene rings is 1. The van der Waals surface area contributed by atoms with Crippen LogP contribution in [0.15, 0.2) is 18.2 Å². The summed E-state index contributed by atoms with van der Waals surface area (Å²) < 4.78 is 6.07. The Labute approximate surface area is 109 Å². The molecule has 2 fully saturated rings. The molecule has 1 aromatic rings. The molecular weight excluding hydrogens is 222 g/mol. The predicted molar refractivity (Wildman–Crippen MR) is 71.8 cm³/mol. The van der Waals surface area contributed by atoms with Gasteiger partial charge in [0.05, 0.1) is 12.7 Å². The van der Waals surface area contributed by atoms with Crippen LogP contribution in [0.2, 0.25) is 0 Å². The van der Waals surface area contributed by atoms with Gasteiger partial charge in [0, 0.05) is 19.0 Å². The van der Waals surface area contributed by atoms with Crippen molar-refractivity contribution >= 4 is 0 Å². The van der Waals surface area contributed by atoms with Crippen molar-refractivity contribution in [3.05, 3.63) is 34.9 Å². The molecule has 2 nitrogen and oxygen atoms in total. The minimum atomic E-state index is 0.413. The lowest BCUT2D eigenvalue weighted by molar-refractivity contribution is 0.0292. The van der Waals surface area contributed by atoms with Crippen molar-refractivity contribution in [2.75, 3.05) is 13.1 Å². The van der Waals surface area contributed by atoms with Crippen LogP contribution >= 0.6 is 0 Å². The van der Waals surface area contributed by atoms with Crippen molar-refractivity contribution in [3.8, 4) is 0 Å². The Kier molecular flexibility index (Phi) is 2.66. The highest BCUT2D eigenvalue weighted by Gasteiger charge is 2.35. The average Bonchev–Trinajstić information content (AvgIpc) is 3.09. The lowest BCUT2D eigenvalue weighted by Crippen LogP contribution is -2.27. The number of rotatable bonds is 1. The molecule has 1 N–H and O–H groups in total. The third-order valence-corrected chi connectivity index (χ3v) is 5.04. The SMILES string of the molecule is c1cc(C2CCCC2)c2c(c1)[C@H]1CNC[C@@H]1OC2. The molecule has 0 radical (unpaired) electrons. The van der Waals surface area contributed by atoms with Crippen molar-refractivity contribution < 1.29 is 4.74 Å². The molecule has 0 unspecified atom stereocenters. The molecule has 96 valence electrons. The first-order valence-electron chi connectivity index (χ1n) is 7.37. The van der Waals surface area contributed by atoms with E-state index >= 15 is 0 Å². The van der Waals surface area contributed by atoms with Crippen molar-refractivity contribution in [2.45, 2.75) is 50.2 Å². The summed E-state index contributed by atoms with van der Waals surface area (Å²) in [4.78, 5) is 0. The molecule has 2 heterocycles. The van der Waals surface area contributed by atoms with Gasteiger partial charge in [0.15, 0.2) is 0 Å². The van der Waals surface area contributed by atoms with Crippen LogP contribution in [0.4, 0.5) is 0 Å². The molecule has 2 heteroatoms. The zero-order valence-corrected chi connectivity index (χ0v) is 10.8. The van der Waals surface area contributed by atoms with Crippen molar-refractivity contribution in [2.24, 2.45) is 0 Å². The van der Waals surface area contributed by atoms with E-state index in [1.165, 1.54) is 31.2 Å². The number of hydrogen-bond acceptors (Lipinski definition) is 2. The molecule has 3 aliphatic rings. The maximum Gasteiger partial charge on any atom is 0.0784 e. The summed E-state index contributed by atoms with van der Waals surface area (Å²) in [6, 6.07) is 6.95. The highest BCUT2D eigenvalue weighted by atomic mass is 16.5. The number of hydrogen-bond donors (Lipinski definition) is 1. The summed E-state index contributed by atoms with van der Waals surface area (Å²) in [5.41, 5.74) is 4.69. The van der Waals surface area contributed by atoms with Gasteiger partial charge in [-0.1, -0.05) is 31.0 Å². The fourth-order valence-electron chi connectivity index (χ4n) is 4.09. The molecule has 0 spiro atoms. The van der Waals surface area contributed by atoms with Crippen LogP contribution in [0.25, 0.3) is 0 Å². The Morgan fingerprint density at radius 2 is 1.89 bits per heavy atom. The first kappa shape index (κ1) is 11.0. The van der Waals surface area contributed by atoms with Gasteiger partial charge in [0.1, 0.15) is 0 Å². The fraction of sp³-hybridized carbons (Fsp3) is 0.625. The third-order valence-electron chi connectivity index (χ3n) is 5.04. The molecular formula is C16H21NO. The summed E-state index contributed by atoms with van der Waals surface area (Å²) in [7, 11) is 0. The Morgan fingerprint density at radius 1 is 1.06 bits per heavy atom. The van der Waals surface area contributed by atoms with E-state index < -0.39 is 0 Å². The van der Waals surface area contributed by atoms with Gasteiger partial charge in [-0.2, -0.15) is 0 Å². The minimum Gasteiger partial charge on any atom is -0.372 e. The van der Waals surface area contributed by atoms with Crippen molar-refractivity contribution in [1.29, 1.82) is 0 Å². The normalized spacial score (nSPS) is 31.3. The van der Waals surface area contributed by atoms with E-state index in [0.717, 1.165) is 25.6 Å². The van der Waals surface area contributed by atoms with E-state index in [2.05, 4.69) is 23.5 Å². The van der Waals surface area contributed by atoms with Crippen LogP contribution in [0.3, 0.4) is 0 Å². The monoisotopic (exact) mass is 243 g/mol. The summed E-state index contributed by atoms with van der Waals surface area (Å²) in [5.74, 6) is 1.39. The lowest BCUT2D eigenvalue weighted by Gasteiger charge is -2.30. The van der Waals surface area contributed by atoms with E-state index in [-0.39, 0.29) is 0 Å². The summed E-state index contributed by atoms with van der Waals surface area (Å²) in [6.45, 7) is 2.95. The molecule has 0 bridgehead atoms. The molecule has 2 aliphatic heterocycles. The maximum absolute atomic E-state index is 6.07. The van der Waals surface area contributed by atoms with E-state index in [0.29, 0.717) is 12.0 Å². The zero-order chi connectivity index (χ0) is 11.9. The van der Waals surface area contributed by atoms with Crippen LogP contribution in [-0.4, -0.2) is 19.2 Å².